The fraction of sp³-hybridized carbons (Fsp3) is 0.333. The number of benzene rings is 3. The van der Waals surface area contributed by atoms with E-state index in [9.17, 15) is 4.79 Å². The molecule has 3 aromatic carbocycles. The van der Waals surface area contributed by atoms with Crippen LogP contribution in [-0.2, 0) is 17.6 Å². The van der Waals surface area contributed by atoms with Crippen molar-refractivity contribution < 1.29 is 4.79 Å². The number of carbonyl (C=O) groups is 1. The molecular formula is C27H33IN4O. The van der Waals surface area contributed by atoms with Gasteiger partial charge in [0.1, 0.15) is 0 Å². The zero-order valence-electron chi connectivity index (χ0n) is 19.2. The van der Waals surface area contributed by atoms with Crippen molar-refractivity contribution in [1.82, 2.24) is 15.5 Å². The highest BCUT2D eigenvalue weighted by atomic mass is 127. The van der Waals surface area contributed by atoms with Crippen LogP contribution in [-0.4, -0.2) is 50.0 Å². The van der Waals surface area contributed by atoms with Gasteiger partial charge in [0.15, 0.2) is 5.96 Å². The number of amides is 1. The Hall–Kier alpha value is -2.61. The Labute approximate surface area is 213 Å². The molecule has 2 N–H and O–H groups in total. The van der Waals surface area contributed by atoms with Crippen LogP contribution in [0.5, 0.6) is 0 Å². The molecule has 0 spiro atoms. The van der Waals surface area contributed by atoms with Gasteiger partial charge in [-0.3, -0.25) is 9.79 Å². The standard InChI is InChI=1S/C27H32N4O.HI/c1-28-27(29-15-13-22-11-12-24-9-5-6-10-25(24)17-22)30-19-23-18-26(32)31(20-23)16-14-21-7-3-2-4-8-21;/h2-12,17,23H,13-16,18-20H2,1H3,(H2,28,29,30);1H. The summed E-state index contributed by atoms with van der Waals surface area (Å²) < 4.78 is 0. The maximum Gasteiger partial charge on any atom is 0.223 e. The molecule has 0 radical (unpaired) electrons. The molecule has 6 heteroatoms. The molecule has 4 rings (SSSR count). The van der Waals surface area contributed by atoms with Crippen LogP contribution in [0.1, 0.15) is 17.5 Å². The summed E-state index contributed by atoms with van der Waals surface area (Å²) in [5.74, 6) is 1.37. The Kier molecular flexibility index (Phi) is 9.54. The summed E-state index contributed by atoms with van der Waals surface area (Å²) in [4.78, 5) is 18.7. The zero-order valence-corrected chi connectivity index (χ0v) is 21.5. The first-order chi connectivity index (χ1) is 15.7. The van der Waals surface area contributed by atoms with E-state index in [2.05, 4.69) is 70.2 Å². The second-order valence-corrected chi connectivity index (χ2v) is 8.46. The Morgan fingerprint density at radius 2 is 1.70 bits per heavy atom. The van der Waals surface area contributed by atoms with E-state index in [0.717, 1.165) is 45.0 Å². The molecule has 1 fully saturated rings. The van der Waals surface area contributed by atoms with Crippen LogP contribution < -0.4 is 10.6 Å². The van der Waals surface area contributed by atoms with E-state index in [-0.39, 0.29) is 29.9 Å². The highest BCUT2D eigenvalue weighted by Gasteiger charge is 2.29. The van der Waals surface area contributed by atoms with Gasteiger partial charge in [0, 0.05) is 45.6 Å². The van der Waals surface area contributed by atoms with Gasteiger partial charge in [-0.1, -0.05) is 72.8 Å². The van der Waals surface area contributed by atoms with Crippen molar-refractivity contribution in [2.75, 3.05) is 33.2 Å². The highest BCUT2D eigenvalue weighted by Crippen LogP contribution is 2.18. The first-order valence-corrected chi connectivity index (χ1v) is 11.4. The van der Waals surface area contributed by atoms with Gasteiger partial charge in [-0.05, 0) is 34.7 Å². The van der Waals surface area contributed by atoms with Crippen molar-refractivity contribution in [2.45, 2.75) is 19.3 Å². The summed E-state index contributed by atoms with van der Waals surface area (Å²) in [7, 11) is 1.79. The van der Waals surface area contributed by atoms with Crippen LogP contribution in [0.15, 0.2) is 77.8 Å². The van der Waals surface area contributed by atoms with Crippen LogP contribution in [0.3, 0.4) is 0 Å². The van der Waals surface area contributed by atoms with Crippen LogP contribution in [0.2, 0.25) is 0 Å². The Balaban J connectivity index is 0.00000306. The summed E-state index contributed by atoms with van der Waals surface area (Å²) in [6, 6.07) is 25.4. The maximum atomic E-state index is 12.4. The lowest BCUT2D eigenvalue weighted by atomic mass is 10.1. The number of hydrogen-bond donors (Lipinski definition) is 2. The number of hydrogen-bond acceptors (Lipinski definition) is 2. The van der Waals surface area contributed by atoms with E-state index in [4.69, 9.17) is 0 Å². The molecule has 33 heavy (non-hydrogen) atoms. The number of carbonyl (C=O) groups excluding carboxylic acids is 1. The van der Waals surface area contributed by atoms with Crippen LogP contribution in [0, 0.1) is 5.92 Å². The minimum absolute atomic E-state index is 0. The normalized spacial score (nSPS) is 16.0. The van der Waals surface area contributed by atoms with Gasteiger partial charge in [0.25, 0.3) is 0 Å². The Morgan fingerprint density at radius 1 is 0.939 bits per heavy atom. The van der Waals surface area contributed by atoms with Crippen molar-refractivity contribution in [2.24, 2.45) is 10.9 Å². The lowest BCUT2D eigenvalue weighted by Crippen LogP contribution is -2.41. The SMILES string of the molecule is CN=C(NCCc1ccc2ccccc2c1)NCC1CC(=O)N(CCc2ccccc2)C1.I. The number of nitrogens with zero attached hydrogens (tertiary/aromatic N) is 2. The van der Waals surface area contributed by atoms with Gasteiger partial charge in [-0.25, -0.2) is 0 Å². The lowest BCUT2D eigenvalue weighted by molar-refractivity contribution is -0.127. The molecule has 0 bridgehead atoms. The molecular weight excluding hydrogens is 523 g/mol. The fourth-order valence-corrected chi connectivity index (χ4v) is 4.30. The third kappa shape index (κ3) is 7.19. The maximum absolute atomic E-state index is 12.4. The average molecular weight is 556 g/mol. The third-order valence-electron chi connectivity index (χ3n) is 6.11. The largest absolute Gasteiger partial charge is 0.356 e. The number of aliphatic imine (C=N–C) groups is 1. The number of fused-ring (bicyclic) bond motifs is 1. The molecule has 1 heterocycles. The van der Waals surface area contributed by atoms with Crippen molar-refractivity contribution in [3.05, 3.63) is 83.9 Å². The minimum Gasteiger partial charge on any atom is -0.356 e. The summed E-state index contributed by atoms with van der Waals surface area (Å²) >= 11 is 0. The van der Waals surface area contributed by atoms with Crippen LogP contribution in [0.25, 0.3) is 10.8 Å². The molecule has 5 nitrogen and oxygen atoms in total. The summed E-state index contributed by atoms with van der Waals surface area (Å²) in [5, 5.41) is 9.34. The second-order valence-electron chi connectivity index (χ2n) is 8.46. The molecule has 1 aliphatic rings. The predicted octanol–water partition coefficient (Wildman–Crippen LogP) is 4.26. The van der Waals surface area contributed by atoms with Gasteiger partial charge in [0.05, 0.1) is 0 Å². The molecule has 0 saturated carbocycles. The van der Waals surface area contributed by atoms with E-state index in [1.54, 1.807) is 7.05 Å². The highest BCUT2D eigenvalue weighted by molar-refractivity contribution is 14.0. The minimum atomic E-state index is 0. The number of nitrogens with one attached hydrogen (secondary N) is 2. The van der Waals surface area contributed by atoms with Crippen molar-refractivity contribution >= 4 is 46.6 Å². The van der Waals surface area contributed by atoms with Crippen molar-refractivity contribution in [3.63, 3.8) is 0 Å². The Morgan fingerprint density at radius 3 is 2.48 bits per heavy atom. The van der Waals surface area contributed by atoms with E-state index in [0.29, 0.717) is 12.3 Å². The molecule has 1 saturated heterocycles. The van der Waals surface area contributed by atoms with Crippen LogP contribution in [0.4, 0.5) is 0 Å². The van der Waals surface area contributed by atoms with Gasteiger partial charge >= 0.3 is 0 Å². The van der Waals surface area contributed by atoms with E-state index in [1.165, 1.54) is 21.9 Å². The van der Waals surface area contributed by atoms with Crippen molar-refractivity contribution in [3.8, 4) is 0 Å². The first kappa shape index (κ1) is 25.0. The molecule has 3 aromatic rings. The molecule has 1 aliphatic heterocycles. The monoisotopic (exact) mass is 556 g/mol. The second kappa shape index (κ2) is 12.6. The first-order valence-electron chi connectivity index (χ1n) is 11.4. The van der Waals surface area contributed by atoms with Gasteiger partial charge in [0.2, 0.25) is 5.91 Å². The summed E-state index contributed by atoms with van der Waals surface area (Å²) in [6.07, 6.45) is 2.45. The Bertz CT molecular complexity index is 1070. The van der Waals surface area contributed by atoms with Gasteiger partial charge in [-0.15, -0.1) is 24.0 Å². The number of guanidine groups is 1. The van der Waals surface area contributed by atoms with Gasteiger partial charge < -0.3 is 15.5 Å². The van der Waals surface area contributed by atoms with E-state index in [1.807, 2.05) is 23.1 Å². The van der Waals surface area contributed by atoms with Gasteiger partial charge in [-0.2, -0.15) is 0 Å². The quantitative estimate of drug-likeness (QED) is 0.248. The van der Waals surface area contributed by atoms with E-state index >= 15 is 0 Å². The molecule has 0 aliphatic carbocycles. The lowest BCUT2D eigenvalue weighted by Gasteiger charge is -2.18. The smallest absolute Gasteiger partial charge is 0.223 e. The predicted molar refractivity (Wildman–Crippen MR) is 147 cm³/mol. The number of rotatable bonds is 8. The third-order valence-corrected chi connectivity index (χ3v) is 6.11. The number of likely N-dealkylation sites (tertiary alicyclic amines) is 1. The molecule has 0 aromatic heterocycles. The molecule has 1 amide bonds. The van der Waals surface area contributed by atoms with Crippen LogP contribution >= 0.6 is 24.0 Å². The zero-order chi connectivity index (χ0) is 22.2. The topological polar surface area (TPSA) is 56.7 Å². The fourth-order valence-electron chi connectivity index (χ4n) is 4.30. The summed E-state index contributed by atoms with van der Waals surface area (Å²) in [5.41, 5.74) is 2.58. The van der Waals surface area contributed by atoms with Crippen molar-refractivity contribution in [1.29, 1.82) is 0 Å². The molecule has 174 valence electrons. The molecule has 1 atom stereocenters. The molecule has 1 unspecified atom stereocenters. The summed E-state index contributed by atoms with van der Waals surface area (Å²) in [6.45, 7) is 3.17. The van der Waals surface area contributed by atoms with E-state index < -0.39 is 0 Å². The number of halogens is 1. The average Bonchev–Trinajstić information content (AvgIpc) is 3.19.